The molecule has 0 fully saturated rings. The van der Waals surface area contributed by atoms with Crippen LogP contribution in [0, 0.1) is 6.92 Å². The number of aromatic nitrogens is 1. The number of pyridine rings is 1. The molecule has 76 valence electrons. The van der Waals surface area contributed by atoms with E-state index in [0.29, 0.717) is 12.3 Å². The fourth-order valence-corrected chi connectivity index (χ4v) is 1.50. The lowest BCUT2D eigenvalue weighted by molar-refractivity contribution is 0.589. The Morgan fingerprint density at radius 2 is 2.00 bits per heavy atom. The molecule has 3 heteroatoms. The maximum absolute atomic E-state index is 5.59. The van der Waals surface area contributed by atoms with Gasteiger partial charge < -0.3 is 4.65 Å². The summed E-state index contributed by atoms with van der Waals surface area (Å²) in [7, 11) is 5.07. The zero-order valence-corrected chi connectivity index (χ0v) is 8.76. The van der Waals surface area contributed by atoms with Crippen molar-refractivity contribution in [3.8, 4) is 17.1 Å². The van der Waals surface area contributed by atoms with E-state index in [1.165, 1.54) is 0 Å². The largest absolute Gasteiger partial charge is 0.555 e. The topological polar surface area (TPSA) is 22.1 Å². The van der Waals surface area contributed by atoms with Crippen LogP contribution >= 0.6 is 0 Å². The third-order valence-electron chi connectivity index (χ3n) is 2.30. The molecule has 0 unspecified atom stereocenters. The predicted molar refractivity (Wildman–Crippen MR) is 64.1 cm³/mol. The van der Waals surface area contributed by atoms with E-state index in [-0.39, 0.29) is 0 Å². The zero-order chi connectivity index (χ0) is 11.4. The van der Waals surface area contributed by atoms with Crippen LogP contribution in [0.2, 0.25) is 0 Å². The van der Waals surface area contributed by atoms with Gasteiger partial charge in [0.05, 0.1) is 5.69 Å². The Morgan fingerprint density at radius 1 is 1.19 bits per heavy atom. The molecule has 0 N–H and O–H groups in total. The van der Waals surface area contributed by atoms with Crippen LogP contribution in [0.4, 0.5) is 0 Å². The average molecular weight is 207 g/mol. The first-order valence-electron chi connectivity index (χ1n) is 4.96. The first-order valence-corrected chi connectivity index (χ1v) is 4.96. The highest BCUT2D eigenvalue weighted by atomic mass is 16.4. The van der Waals surface area contributed by atoms with Gasteiger partial charge in [0.25, 0.3) is 0 Å². The molecule has 0 spiro atoms. The zero-order valence-electron chi connectivity index (χ0n) is 8.76. The van der Waals surface area contributed by atoms with Crippen LogP contribution in [-0.2, 0) is 6.42 Å². The lowest BCUT2D eigenvalue weighted by atomic mass is 10.1. The van der Waals surface area contributed by atoms with Crippen molar-refractivity contribution in [1.82, 2.24) is 4.98 Å². The van der Waals surface area contributed by atoms with Gasteiger partial charge in [0.1, 0.15) is 0 Å². The van der Waals surface area contributed by atoms with E-state index >= 15 is 0 Å². The van der Waals surface area contributed by atoms with E-state index in [0.717, 1.165) is 16.8 Å². The van der Waals surface area contributed by atoms with Crippen molar-refractivity contribution in [3.05, 3.63) is 55.0 Å². The minimum atomic E-state index is 0.399. The SMILES string of the molecule is [B]Oc1cccc(-c2cccc(C[CH])c2)n1. The van der Waals surface area contributed by atoms with E-state index in [1.807, 2.05) is 36.4 Å². The van der Waals surface area contributed by atoms with Gasteiger partial charge in [-0.25, -0.2) is 4.98 Å². The Labute approximate surface area is 96.7 Å². The number of hydrogen-bond acceptors (Lipinski definition) is 2. The molecule has 2 rings (SSSR count). The summed E-state index contributed by atoms with van der Waals surface area (Å²) >= 11 is 0. The van der Waals surface area contributed by atoms with Crippen LogP contribution in [0.1, 0.15) is 5.56 Å². The first kappa shape index (κ1) is 10.7. The number of rotatable bonds is 3. The molecule has 2 nitrogen and oxygen atoms in total. The van der Waals surface area contributed by atoms with Crippen molar-refractivity contribution in [1.29, 1.82) is 0 Å². The fraction of sp³-hybridized carbons (Fsp3) is 0.0769. The van der Waals surface area contributed by atoms with Crippen molar-refractivity contribution in [3.63, 3.8) is 0 Å². The van der Waals surface area contributed by atoms with Crippen LogP contribution in [0.3, 0.4) is 0 Å². The molecule has 4 radical (unpaired) electrons. The normalized spacial score (nSPS) is 10.1. The molecular formula is C13H10BNO. The van der Waals surface area contributed by atoms with Gasteiger partial charge in [0, 0.05) is 5.56 Å². The quantitative estimate of drug-likeness (QED) is 0.721. The molecule has 2 aromatic rings. The molecule has 0 amide bonds. The van der Waals surface area contributed by atoms with Gasteiger partial charge >= 0.3 is 8.05 Å². The van der Waals surface area contributed by atoms with Crippen molar-refractivity contribution in [2.24, 2.45) is 0 Å². The van der Waals surface area contributed by atoms with Crippen LogP contribution in [-0.4, -0.2) is 13.0 Å². The highest BCUT2D eigenvalue weighted by Gasteiger charge is 2.01. The molecule has 0 saturated carbocycles. The van der Waals surface area contributed by atoms with Crippen LogP contribution in [0.5, 0.6) is 5.88 Å². The van der Waals surface area contributed by atoms with Gasteiger partial charge in [-0.3, -0.25) is 0 Å². The highest BCUT2D eigenvalue weighted by Crippen LogP contribution is 2.20. The molecule has 1 aromatic heterocycles. The van der Waals surface area contributed by atoms with Crippen molar-refractivity contribution in [2.45, 2.75) is 6.42 Å². The Morgan fingerprint density at radius 3 is 2.75 bits per heavy atom. The minimum absolute atomic E-state index is 0.399. The molecule has 0 saturated heterocycles. The van der Waals surface area contributed by atoms with Gasteiger partial charge in [-0.05, 0) is 37.1 Å². The standard InChI is InChI=1S/C13H10BNO/c1-2-10-5-3-6-11(9-10)12-7-4-8-13(15-12)16-14/h1,3-9H,2H2. The molecule has 0 bridgehead atoms. The summed E-state index contributed by atoms with van der Waals surface area (Å²) in [5.41, 5.74) is 2.89. The Kier molecular flexibility index (Phi) is 3.25. The van der Waals surface area contributed by atoms with E-state index in [4.69, 9.17) is 15.0 Å². The van der Waals surface area contributed by atoms with E-state index in [1.54, 1.807) is 6.07 Å². The monoisotopic (exact) mass is 207 g/mol. The second-order valence-corrected chi connectivity index (χ2v) is 3.38. The van der Waals surface area contributed by atoms with E-state index < -0.39 is 0 Å². The van der Waals surface area contributed by atoms with Gasteiger partial charge in [-0.2, -0.15) is 0 Å². The Hall–Kier alpha value is -1.77. The summed E-state index contributed by atoms with van der Waals surface area (Å²) in [6.45, 7) is 5.59. The third kappa shape index (κ3) is 2.24. The summed E-state index contributed by atoms with van der Waals surface area (Å²) in [6, 6.07) is 13.4. The lowest BCUT2D eigenvalue weighted by Gasteiger charge is -2.05. The average Bonchev–Trinajstić information content (AvgIpc) is 2.39. The second-order valence-electron chi connectivity index (χ2n) is 3.38. The van der Waals surface area contributed by atoms with E-state index in [2.05, 4.69) is 9.64 Å². The highest BCUT2D eigenvalue weighted by molar-refractivity contribution is 5.99. The third-order valence-corrected chi connectivity index (χ3v) is 2.30. The van der Waals surface area contributed by atoms with Gasteiger partial charge in [-0.1, -0.05) is 24.3 Å². The van der Waals surface area contributed by atoms with Crippen LogP contribution in [0.25, 0.3) is 11.3 Å². The summed E-state index contributed by atoms with van der Waals surface area (Å²) in [4.78, 5) is 4.25. The van der Waals surface area contributed by atoms with Crippen molar-refractivity contribution >= 4 is 8.05 Å². The van der Waals surface area contributed by atoms with Gasteiger partial charge in [0.2, 0.25) is 0 Å². The lowest BCUT2D eigenvalue weighted by Crippen LogP contribution is -1.91. The summed E-state index contributed by atoms with van der Waals surface area (Å²) < 4.78 is 4.60. The maximum atomic E-state index is 5.59. The molecule has 1 aromatic carbocycles. The number of hydrogen-bond donors (Lipinski definition) is 0. The number of benzene rings is 1. The van der Waals surface area contributed by atoms with Crippen LogP contribution in [0.15, 0.2) is 42.5 Å². The summed E-state index contributed by atoms with van der Waals surface area (Å²) in [5.74, 6) is 0.399. The first-order chi connectivity index (χ1) is 7.83. The molecule has 0 atom stereocenters. The van der Waals surface area contributed by atoms with Crippen molar-refractivity contribution < 1.29 is 4.65 Å². The minimum Gasteiger partial charge on any atom is -0.555 e. The van der Waals surface area contributed by atoms with Gasteiger partial charge in [-0.15, -0.1) is 0 Å². The van der Waals surface area contributed by atoms with E-state index in [9.17, 15) is 0 Å². The molecular weight excluding hydrogens is 197 g/mol. The molecule has 0 aliphatic heterocycles. The summed E-state index contributed by atoms with van der Waals surface area (Å²) in [6.07, 6.45) is 0.515. The smallest absolute Gasteiger partial charge is 0.376 e. The van der Waals surface area contributed by atoms with Gasteiger partial charge in [0.15, 0.2) is 5.88 Å². The maximum Gasteiger partial charge on any atom is 0.376 e. The second kappa shape index (κ2) is 4.84. The Bertz CT molecular complexity index is 439. The molecule has 16 heavy (non-hydrogen) atoms. The summed E-state index contributed by atoms with van der Waals surface area (Å²) in [5, 5.41) is 0. The molecule has 0 aliphatic carbocycles. The number of nitrogens with zero attached hydrogens (tertiary/aromatic N) is 1. The predicted octanol–water partition coefficient (Wildman–Crippen LogP) is 2.46. The fourth-order valence-electron chi connectivity index (χ4n) is 1.50. The Balaban J connectivity index is 2.41. The molecule has 0 aliphatic rings. The van der Waals surface area contributed by atoms with Crippen LogP contribution < -0.4 is 4.65 Å². The van der Waals surface area contributed by atoms with Crippen molar-refractivity contribution in [2.75, 3.05) is 0 Å². The molecule has 1 heterocycles.